The van der Waals surface area contributed by atoms with Crippen LogP contribution in [0.25, 0.3) is 10.9 Å². The van der Waals surface area contributed by atoms with Gasteiger partial charge in [0.2, 0.25) is 5.43 Å². The molecule has 1 N–H and O–H groups in total. The van der Waals surface area contributed by atoms with Crippen LogP contribution < -0.4 is 5.43 Å². The lowest BCUT2D eigenvalue weighted by molar-refractivity contribution is 0.00304. The number of aliphatic hydroxyl groups is 1. The van der Waals surface area contributed by atoms with Gasteiger partial charge in [0.25, 0.3) is 5.91 Å². The van der Waals surface area contributed by atoms with Crippen molar-refractivity contribution in [2.75, 3.05) is 33.7 Å². The van der Waals surface area contributed by atoms with Crippen LogP contribution in [0.5, 0.6) is 0 Å². The molecular formula is C21H29N3O3. The van der Waals surface area contributed by atoms with Crippen molar-refractivity contribution in [2.45, 2.75) is 31.8 Å². The molecule has 1 atom stereocenters. The van der Waals surface area contributed by atoms with Gasteiger partial charge in [-0.15, -0.1) is 0 Å². The topological polar surface area (TPSA) is 65.8 Å². The Morgan fingerprint density at radius 2 is 2.00 bits per heavy atom. The molecule has 1 unspecified atom stereocenters. The maximum atomic E-state index is 13.1. The van der Waals surface area contributed by atoms with Gasteiger partial charge in [0, 0.05) is 38.3 Å². The fourth-order valence-electron chi connectivity index (χ4n) is 4.06. The highest BCUT2D eigenvalue weighted by atomic mass is 16.3. The first-order valence-electron chi connectivity index (χ1n) is 9.46. The molecule has 0 bridgehead atoms. The second-order valence-corrected chi connectivity index (χ2v) is 8.11. The van der Waals surface area contributed by atoms with E-state index in [9.17, 15) is 14.7 Å². The summed E-state index contributed by atoms with van der Waals surface area (Å²) in [7, 11) is 5.73. The number of nitrogens with zero attached hydrogens (tertiary/aromatic N) is 3. The zero-order valence-electron chi connectivity index (χ0n) is 16.7. The van der Waals surface area contributed by atoms with Crippen molar-refractivity contribution in [2.24, 2.45) is 7.05 Å². The lowest BCUT2D eigenvalue weighted by Crippen LogP contribution is -2.41. The molecule has 1 aliphatic rings. The average Bonchev–Trinajstić information content (AvgIpc) is 2.78. The summed E-state index contributed by atoms with van der Waals surface area (Å²) < 4.78 is 1.84. The second-order valence-electron chi connectivity index (χ2n) is 8.11. The largest absolute Gasteiger partial charge is 0.388 e. The third-order valence-corrected chi connectivity index (χ3v) is 5.39. The summed E-state index contributed by atoms with van der Waals surface area (Å²) in [4.78, 5) is 29.8. The molecule has 2 aromatic rings. The van der Waals surface area contributed by atoms with Crippen molar-refractivity contribution >= 4 is 16.8 Å². The number of carbonyl (C=O) groups is 1. The number of likely N-dealkylation sites (tertiary alicyclic amines) is 1. The third kappa shape index (κ3) is 4.06. The van der Waals surface area contributed by atoms with Crippen molar-refractivity contribution < 1.29 is 9.90 Å². The molecule has 6 nitrogen and oxygen atoms in total. The summed E-state index contributed by atoms with van der Waals surface area (Å²) in [6, 6.07) is 5.71. The summed E-state index contributed by atoms with van der Waals surface area (Å²) in [5, 5.41) is 11.4. The predicted octanol–water partition coefficient (Wildman–Crippen LogP) is 1.77. The van der Waals surface area contributed by atoms with Crippen LogP contribution in [-0.2, 0) is 7.05 Å². The van der Waals surface area contributed by atoms with Crippen LogP contribution in [0.1, 0.15) is 35.2 Å². The highest BCUT2D eigenvalue weighted by Gasteiger charge is 2.32. The van der Waals surface area contributed by atoms with Crippen molar-refractivity contribution in [3.63, 3.8) is 0 Å². The van der Waals surface area contributed by atoms with E-state index < -0.39 is 5.60 Å². The fraction of sp³-hybridized carbons (Fsp3) is 0.524. The number of rotatable bonds is 3. The van der Waals surface area contributed by atoms with E-state index in [1.54, 1.807) is 11.1 Å². The Morgan fingerprint density at radius 1 is 1.26 bits per heavy atom. The summed E-state index contributed by atoms with van der Waals surface area (Å²) in [6.07, 6.45) is 3.54. The van der Waals surface area contributed by atoms with Crippen LogP contribution >= 0.6 is 0 Å². The Morgan fingerprint density at radius 3 is 2.70 bits per heavy atom. The highest BCUT2D eigenvalue weighted by Crippen LogP contribution is 2.24. The maximum Gasteiger partial charge on any atom is 0.259 e. The highest BCUT2D eigenvalue weighted by molar-refractivity contribution is 5.97. The van der Waals surface area contributed by atoms with Gasteiger partial charge in [0.05, 0.1) is 11.1 Å². The standard InChI is InChI=1S/C21H29N3O3/c1-15-6-7-18-16(12-15)19(25)17(13-23(18)4)20(26)24-10-5-8-21(27,9-11-24)14-22(2)3/h6-7,12-13,27H,5,8-11,14H2,1-4H3. The van der Waals surface area contributed by atoms with Crippen LogP contribution in [0, 0.1) is 6.92 Å². The Kier molecular flexibility index (Phi) is 5.40. The van der Waals surface area contributed by atoms with Gasteiger partial charge < -0.3 is 19.5 Å². The molecule has 146 valence electrons. The molecule has 0 radical (unpaired) electrons. The number of fused-ring (bicyclic) bond motifs is 1. The minimum absolute atomic E-state index is 0.202. The normalized spacial score (nSPS) is 20.9. The van der Waals surface area contributed by atoms with E-state index in [4.69, 9.17) is 0 Å². The minimum Gasteiger partial charge on any atom is -0.388 e. The van der Waals surface area contributed by atoms with Gasteiger partial charge in [0.1, 0.15) is 5.56 Å². The number of likely N-dealkylation sites (N-methyl/N-ethyl adjacent to an activating group) is 1. The molecule has 0 saturated carbocycles. The zero-order valence-corrected chi connectivity index (χ0v) is 16.7. The number of aromatic nitrogens is 1. The first-order chi connectivity index (χ1) is 12.7. The predicted molar refractivity (Wildman–Crippen MR) is 107 cm³/mol. The molecular weight excluding hydrogens is 342 g/mol. The Labute approximate surface area is 160 Å². The number of hydrogen-bond acceptors (Lipinski definition) is 4. The van der Waals surface area contributed by atoms with Crippen molar-refractivity contribution in [1.29, 1.82) is 0 Å². The van der Waals surface area contributed by atoms with Gasteiger partial charge >= 0.3 is 0 Å². The van der Waals surface area contributed by atoms with E-state index >= 15 is 0 Å². The number of hydrogen-bond donors (Lipinski definition) is 1. The van der Waals surface area contributed by atoms with Crippen LogP contribution in [-0.4, -0.2) is 64.7 Å². The van der Waals surface area contributed by atoms with Crippen LogP contribution in [0.2, 0.25) is 0 Å². The second kappa shape index (κ2) is 7.44. The van der Waals surface area contributed by atoms with Crippen LogP contribution in [0.15, 0.2) is 29.2 Å². The van der Waals surface area contributed by atoms with E-state index in [1.165, 1.54) is 0 Å². The van der Waals surface area contributed by atoms with E-state index in [1.807, 2.05) is 55.7 Å². The van der Waals surface area contributed by atoms with Crippen LogP contribution in [0.4, 0.5) is 0 Å². The molecule has 1 fully saturated rings. The smallest absolute Gasteiger partial charge is 0.259 e. The molecule has 6 heteroatoms. The van der Waals surface area contributed by atoms with Crippen LogP contribution in [0.3, 0.4) is 0 Å². The monoisotopic (exact) mass is 371 g/mol. The number of pyridine rings is 1. The Hall–Kier alpha value is -2.18. The molecule has 27 heavy (non-hydrogen) atoms. The van der Waals surface area contributed by atoms with Crippen molar-refractivity contribution in [1.82, 2.24) is 14.4 Å². The number of amides is 1. The van der Waals surface area contributed by atoms with E-state index in [0.717, 1.165) is 17.5 Å². The van der Waals surface area contributed by atoms with Crippen molar-refractivity contribution in [3.8, 4) is 0 Å². The van der Waals surface area contributed by atoms with Crippen molar-refractivity contribution in [3.05, 3.63) is 45.7 Å². The summed E-state index contributed by atoms with van der Waals surface area (Å²) >= 11 is 0. The molecule has 1 amide bonds. The quantitative estimate of drug-likeness (QED) is 0.893. The maximum absolute atomic E-state index is 13.1. The minimum atomic E-state index is -0.788. The van der Waals surface area contributed by atoms with Gasteiger partial charge in [-0.3, -0.25) is 9.59 Å². The van der Waals surface area contributed by atoms with E-state index in [-0.39, 0.29) is 16.9 Å². The summed E-state index contributed by atoms with van der Waals surface area (Å²) in [5.74, 6) is -0.242. The molecule has 0 spiro atoms. The van der Waals surface area contributed by atoms with Gasteiger partial charge in [-0.05, 0) is 52.4 Å². The van der Waals surface area contributed by atoms with Gasteiger partial charge in [-0.1, -0.05) is 11.6 Å². The van der Waals surface area contributed by atoms with Gasteiger partial charge in [-0.25, -0.2) is 0 Å². The molecule has 1 aromatic heterocycles. The fourth-order valence-corrected chi connectivity index (χ4v) is 4.06. The average molecular weight is 371 g/mol. The number of aryl methyl sites for hydroxylation is 2. The SMILES string of the molecule is Cc1ccc2c(c1)c(=O)c(C(=O)N1CCCC(O)(CN(C)C)CC1)cn2C. The molecule has 1 saturated heterocycles. The molecule has 1 aliphatic heterocycles. The summed E-state index contributed by atoms with van der Waals surface area (Å²) in [6.45, 7) is 3.53. The zero-order chi connectivity index (χ0) is 19.8. The Bertz CT molecular complexity index is 919. The van der Waals surface area contributed by atoms with Gasteiger partial charge in [-0.2, -0.15) is 0 Å². The lowest BCUT2D eigenvalue weighted by Gasteiger charge is -2.30. The Balaban J connectivity index is 1.90. The third-order valence-electron chi connectivity index (χ3n) is 5.39. The lowest BCUT2D eigenvalue weighted by atomic mass is 9.94. The molecule has 1 aromatic carbocycles. The first-order valence-corrected chi connectivity index (χ1v) is 9.46. The number of carbonyl (C=O) groups excluding carboxylic acids is 1. The van der Waals surface area contributed by atoms with E-state index in [0.29, 0.717) is 37.9 Å². The molecule has 2 heterocycles. The number of benzene rings is 1. The van der Waals surface area contributed by atoms with Gasteiger partial charge in [0.15, 0.2) is 0 Å². The molecule has 0 aliphatic carbocycles. The van der Waals surface area contributed by atoms with E-state index in [2.05, 4.69) is 0 Å². The first kappa shape index (κ1) is 19.6. The molecule has 3 rings (SSSR count). The summed E-state index contributed by atoms with van der Waals surface area (Å²) in [5.41, 5.74) is 1.01.